The summed E-state index contributed by atoms with van der Waals surface area (Å²) >= 11 is 0. The molecule has 0 heterocycles. The van der Waals surface area contributed by atoms with Gasteiger partial charge in [0.15, 0.2) is 5.83 Å². The molecule has 0 saturated carbocycles. The molecule has 2 N–H and O–H groups in total. The third kappa shape index (κ3) is 5.44. The Morgan fingerprint density at radius 2 is 1.77 bits per heavy atom. The lowest BCUT2D eigenvalue weighted by Gasteiger charge is -2.14. The molecule has 0 saturated heterocycles. The van der Waals surface area contributed by atoms with Crippen LogP contribution in [0.15, 0.2) is 54.4 Å². The minimum Gasteiger partial charge on any atom is -0.497 e. The molecule has 0 aliphatic rings. The Kier molecular flexibility index (Phi) is 6.49. The van der Waals surface area contributed by atoms with E-state index in [1.54, 1.807) is 48.5 Å². The van der Waals surface area contributed by atoms with Crippen molar-refractivity contribution in [1.82, 2.24) is 5.32 Å². The highest BCUT2D eigenvalue weighted by molar-refractivity contribution is 5.97. The van der Waals surface area contributed by atoms with Gasteiger partial charge in [-0.3, -0.25) is 4.79 Å². The van der Waals surface area contributed by atoms with Crippen LogP contribution >= 0.6 is 0 Å². The van der Waals surface area contributed by atoms with Crippen LogP contribution in [0.3, 0.4) is 0 Å². The van der Waals surface area contributed by atoms with Crippen LogP contribution in [-0.2, 0) is 16.0 Å². The van der Waals surface area contributed by atoms with Gasteiger partial charge < -0.3 is 15.2 Å². The van der Waals surface area contributed by atoms with Crippen LogP contribution in [0.2, 0.25) is 0 Å². The summed E-state index contributed by atoms with van der Waals surface area (Å²) in [5.41, 5.74) is 2.21. The van der Waals surface area contributed by atoms with Gasteiger partial charge in [-0.05, 0) is 36.3 Å². The summed E-state index contributed by atoms with van der Waals surface area (Å²) in [7, 11) is 1.53. The van der Waals surface area contributed by atoms with Crippen molar-refractivity contribution in [3.05, 3.63) is 71.0 Å². The molecule has 2 aromatic rings. The number of carbonyl (C=O) groups is 2. The first kappa shape index (κ1) is 19.2. The van der Waals surface area contributed by atoms with Crippen molar-refractivity contribution < 1.29 is 23.8 Å². The number of aryl methyl sites for hydroxylation is 1. The monoisotopic (exact) mass is 357 g/mol. The molecule has 1 amide bonds. The molecule has 0 unspecified atom stereocenters. The van der Waals surface area contributed by atoms with Crippen molar-refractivity contribution in [2.45, 2.75) is 19.4 Å². The summed E-state index contributed by atoms with van der Waals surface area (Å²) < 4.78 is 19.1. The van der Waals surface area contributed by atoms with Crippen LogP contribution in [-0.4, -0.2) is 30.1 Å². The molecule has 0 radical (unpaired) electrons. The maximum Gasteiger partial charge on any atom is 0.326 e. The Bertz CT molecular complexity index is 798. The second-order valence-corrected chi connectivity index (χ2v) is 5.82. The van der Waals surface area contributed by atoms with E-state index in [0.29, 0.717) is 16.9 Å². The van der Waals surface area contributed by atoms with Gasteiger partial charge in [0.05, 0.1) is 7.11 Å². The molecule has 6 heteroatoms. The summed E-state index contributed by atoms with van der Waals surface area (Å²) in [6, 6.07) is 12.5. The fraction of sp³-hybridized carbons (Fsp3) is 0.200. The molecule has 0 aliphatic carbocycles. The number of nitrogens with one attached hydrogen (secondary N) is 1. The van der Waals surface area contributed by atoms with Crippen LogP contribution in [0.1, 0.15) is 16.7 Å². The zero-order valence-electron chi connectivity index (χ0n) is 14.5. The van der Waals surface area contributed by atoms with E-state index in [0.717, 1.165) is 11.6 Å². The smallest absolute Gasteiger partial charge is 0.326 e. The Hall–Kier alpha value is -3.15. The molecular formula is C20H20FNO4. The Morgan fingerprint density at radius 1 is 1.15 bits per heavy atom. The zero-order valence-corrected chi connectivity index (χ0v) is 14.5. The van der Waals surface area contributed by atoms with E-state index in [1.165, 1.54) is 7.11 Å². The summed E-state index contributed by atoms with van der Waals surface area (Å²) in [5, 5.41) is 11.5. The van der Waals surface area contributed by atoms with Gasteiger partial charge in [0.25, 0.3) is 5.91 Å². The van der Waals surface area contributed by atoms with Gasteiger partial charge >= 0.3 is 5.97 Å². The summed E-state index contributed by atoms with van der Waals surface area (Å²) in [5.74, 6) is -2.71. The van der Waals surface area contributed by atoms with Crippen LogP contribution in [0.5, 0.6) is 5.75 Å². The summed E-state index contributed by atoms with van der Waals surface area (Å²) in [4.78, 5) is 23.4. The van der Waals surface area contributed by atoms with E-state index < -0.39 is 23.7 Å². The normalized spacial score (nSPS) is 12.3. The highest BCUT2D eigenvalue weighted by atomic mass is 19.1. The molecule has 5 nitrogen and oxygen atoms in total. The number of amides is 1. The Balaban J connectivity index is 2.06. The molecule has 0 bridgehead atoms. The third-order valence-corrected chi connectivity index (χ3v) is 3.79. The predicted molar refractivity (Wildman–Crippen MR) is 96.5 cm³/mol. The number of aliphatic carboxylic acids is 1. The minimum absolute atomic E-state index is 0.0306. The summed E-state index contributed by atoms with van der Waals surface area (Å²) in [6.45, 7) is 1.90. The lowest BCUT2D eigenvalue weighted by molar-refractivity contribution is -0.141. The number of rotatable bonds is 7. The number of hydrogen-bond donors (Lipinski definition) is 2. The molecule has 0 aliphatic heterocycles. The fourth-order valence-electron chi connectivity index (χ4n) is 2.30. The minimum atomic E-state index is -1.24. The Morgan fingerprint density at radius 3 is 2.31 bits per heavy atom. The molecule has 0 spiro atoms. The zero-order chi connectivity index (χ0) is 19.1. The van der Waals surface area contributed by atoms with Crippen molar-refractivity contribution in [3.63, 3.8) is 0 Å². The highest BCUT2D eigenvalue weighted by Crippen LogP contribution is 2.14. The standard InChI is InChI=1S/C20H20FNO4/c1-13-3-5-14(6-4-13)11-17(21)19(23)22-18(20(24)25)12-15-7-9-16(26-2)10-8-15/h3-11,18H,12H2,1-2H3,(H,22,23)(H,24,25)/b17-11-/t18-/m0/s1. The molecule has 136 valence electrons. The van der Waals surface area contributed by atoms with E-state index in [-0.39, 0.29) is 6.42 Å². The predicted octanol–water partition coefficient (Wildman–Crippen LogP) is 3.13. The van der Waals surface area contributed by atoms with E-state index in [4.69, 9.17) is 4.74 Å². The summed E-state index contributed by atoms with van der Waals surface area (Å²) in [6.07, 6.45) is 1.10. The van der Waals surface area contributed by atoms with Crippen molar-refractivity contribution in [2.24, 2.45) is 0 Å². The number of carboxylic acids is 1. The quantitative estimate of drug-likeness (QED) is 0.747. The SMILES string of the molecule is COc1ccc(C[C@H](NC(=O)/C(F)=C/c2ccc(C)cc2)C(=O)O)cc1. The van der Waals surface area contributed by atoms with E-state index in [2.05, 4.69) is 5.32 Å². The number of hydrogen-bond acceptors (Lipinski definition) is 3. The second kappa shape index (κ2) is 8.80. The van der Waals surface area contributed by atoms with Gasteiger partial charge in [0.2, 0.25) is 0 Å². The van der Waals surface area contributed by atoms with Crippen molar-refractivity contribution in [1.29, 1.82) is 0 Å². The third-order valence-electron chi connectivity index (χ3n) is 3.79. The molecule has 26 heavy (non-hydrogen) atoms. The number of halogens is 1. The van der Waals surface area contributed by atoms with E-state index in [9.17, 15) is 19.1 Å². The van der Waals surface area contributed by atoms with Crippen LogP contribution < -0.4 is 10.1 Å². The van der Waals surface area contributed by atoms with Gasteiger partial charge in [0, 0.05) is 6.42 Å². The maximum atomic E-state index is 14.1. The number of carbonyl (C=O) groups excluding carboxylic acids is 1. The van der Waals surface area contributed by atoms with Gasteiger partial charge in [-0.1, -0.05) is 42.0 Å². The Labute approximate surface area is 151 Å². The van der Waals surface area contributed by atoms with Crippen molar-refractivity contribution >= 4 is 18.0 Å². The highest BCUT2D eigenvalue weighted by Gasteiger charge is 2.22. The number of ether oxygens (including phenoxy) is 1. The lowest BCUT2D eigenvalue weighted by atomic mass is 10.1. The largest absolute Gasteiger partial charge is 0.497 e. The van der Waals surface area contributed by atoms with Crippen LogP contribution in [0.25, 0.3) is 6.08 Å². The fourth-order valence-corrected chi connectivity index (χ4v) is 2.30. The number of carboxylic acid groups (broad SMARTS) is 1. The first-order valence-electron chi connectivity index (χ1n) is 7.99. The number of benzene rings is 2. The van der Waals surface area contributed by atoms with Crippen molar-refractivity contribution in [2.75, 3.05) is 7.11 Å². The van der Waals surface area contributed by atoms with Crippen molar-refractivity contribution in [3.8, 4) is 5.75 Å². The average molecular weight is 357 g/mol. The lowest BCUT2D eigenvalue weighted by Crippen LogP contribution is -2.42. The second-order valence-electron chi connectivity index (χ2n) is 5.82. The van der Waals surface area contributed by atoms with E-state index >= 15 is 0 Å². The van der Waals surface area contributed by atoms with Gasteiger partial charge in [-0.2, -0.15) is 0 Å². The van der Waals surface area contributed by atoms with Gasteiger partial charge in [0.1, 0.15) is 11.8 Å². The first-order chi connectivity index (χ1) is 12.4. The van der Waals surface area contributed by atoms with Crippen LogP contribution in [0, 0.1) is 6.92 Å². The van der Waals surface area contributed by atoms with E-state index in [1.807, 2.05) is 6.92 Å². The molecule has 0 aromatic heterocycles. The van der Waals surface area contributed by atoms with Gasteiger partial charge in [-0.15, -0.1) is 0 Å². The average Bonchev–Trinajstić information content (AvgIpc) is 2.63. The molecule has 0 fully saturated rings. The van der Waals surface area contributed by atoms with Crippen LogP contribution in [0.4, 0.5) is 4.39 Å². The molecule has 2 rings (SSSR count). The van der Waals surface area contributed by atoms with Gasteiger partial charge in [-0.25, -0.2) is 9.18 Å². The molecule has 2 aromatic carbocycles. The molecule has 1 atom stereocenters. The first-order valence-corrected chi connectivity index (χ1v) is 7.99. The molecular weight excluding hydrogens is 337 g/mol. The number of methoxy groups -OCH3 is 1. The topological polar surface area (TPSA) is 75.6 Å². The maximum absolute atomic E-state index is 14.1.